The number of carbonyl (C=O) groups is 1. The Morgan fingerprint density at radius 1 is 1.28 bits per heavy atom. The van der Waals surface area contributed by atoms with Crippen molar-refractivity contribution in [2.45, 2.75) is 39.3 Å². The summed E-state index contributed by atoms with van der Waals surface area (Å²) in [6.07, 6.45) is -5.83. The van der Waals surface area contributed by atoms with E-state index in [9.17, 15) is 22.8 Å². The van der Waals surface area contributed by atoms with Gasteiger partial charge in [-0.2, -0.15) is 17.9 Å². The summed E-state index contributed by atoms with van der Waals surface area (Å²) in [5, 5.41) is 6.50. The average Bonchev–Trinajstić information content (AvgIpc) is 3.16. The fourth-order valence-corrected chi connectivity index (χ4v) is 3.44. The second-order valence-electron chi connectivity index (χ2n) is 7.91. The quantitative estimate of drug-likeness (QED) is 0.507. The van der Waals surface area contributed by atoms with Crippen LogP contribution in [0.4, 0.5) is 23.2 Å². The number of fused-ring (bicyclic) bond motifs is 1. The maximum absolute atomic E-state index is 15.2. The number of aromatic nitrogens is 4. The highest BCUT2D eigenvalue weighted by atomic mass is 19.4. The van der Waals surface area contributed by atoms with Gasteiger partial charge in [-0.1, -0.05) is 0 Å². The summed E-state index contributed by atoms with van der Waals surface area (Å²) in [5.41, 5.74) is -0.957. The van der Waals surface area contributed by atoms with Gasteiger partial charge in [0.25, 0.3) is 5.91 Å². The van der Waals surface area contributed by atoms with Crippen molar-refractivity contribution >= 4 is 11.6 Å². The Bertz CT molecular complexity index is 1370. The molecule has 1 aromatic carbocycles. The molecular formula is C22H21F4N5O5. The highest BCUT2D eigenvalue weighted by Gasteiger charge is 2.39. The van der Waals surface area contributed by atoms with Crippen molar-refractivity contribution in [2.75, 3.05) is 19.0 Å². The number of methoxy groups -OCH3 is 1. The number of carbonyl (C=O) groups excluding carboxylic acids is 1. The molecule has 0 saturated carbocycles. The first-order valence-electron chi connectivity index (χ1n) is 10.7. The number of halogens is 4. The van der Waals surface area contributed by atoms with Crippen LogP contribution in [0.1, 0.15) is 28.7 Å². The van der Waals surface area contributed by atoms with Gasteiger partial charge in [0, 0.05) is 12.1 Å². The lowest BCUT2D eigenvalue weighted by molar-refractivity contribution is -0.189. The molecule has 1 aliphatic rings. The molecule has 36 heavy (non-hydrogen) atoms. The van der Waals surface area contributed by atoms with Crippen LogP contribution in [0.2, 0.25) is 0 Å². The van der Waals surface area contributed by atoms with Crippen molar-refractivity contribution in [3.63, 3.8) is 0 Å². The topological polar surface area (TPSA) is 110 Å². The van der Waals surface area contributed by atoms with Gasteiger partial charge in [0.2, 0.25) is 5.88 Å². The third-order valence-electron chi connectivity index (χ3n) is 5.46. The standard InChI is InChI=1S/C22H21F4N5O5/c1-11-6-19(34-3)27-9-15(11)28-20(32)13-7-14(23)16(8-17(13)36-12(2)22(24,25)26)31-21(33)30-4-5-35-10-18(30)29-31/h6-9,12H,4-5,10H2,1-3H3,(H,28,32). The van der Waals surface area contributed by atoms with E-state index in [4.69, 9.17) is 14.2 Å². The Morgan fingerprint density at radius 2 is 2.03 bits per heavy atom. The van der Waals surface area contributed by atoms with E-state index in [2.05, 4.69) is 15.4 Å². The van der Waals surface area contributed by atoms with Crippen molar-refractivity contribution in [1.29, 1.82) is 0 Å². The van der Waals surface area contributed by atoms with E-state index >= 15 is 4.39 Å². The molecule has 0 spiro atoms. The molecule has 10 nitrogen and oxygen atoms in total. The number of hydrogen-bond acceptors (Lipinski definition) is 7. The summed E-state index contributed by atoms with van der Waals surface area (Å²) >= 11 is 0. The van der Waals surface area contributed by atoms with Crippen LogP contribution in [-0.4, -0.2) is 51.2 Å². The zero-order chi connectivity index (χ0) is 26.2. The van der Waals surface area contributed by atoms with Crippen LogP contribution in [0.25, 0.3) is 5.69 Å². The zero-order valence-electron chi connectivity index (χ0n) is 19.4. The Kier molecular flexibility index (Phi) is 6.71. The Hall–Kier alpha value is -3.94. The second kappa shape index (κ2) is 9.60. The Labute approximate surface area is 201 Å². The van der Waals surface area contributed by atoms with Gasteiger partial charge in [-0.05, 0) is 25.5 Å². The molecule has 1 atom stereocenters. The summed E-state index contributed by atoms with van der Waals surface area (Å²) in [5.74, 6) is -2.12. The number of amides is 1. The van der Waals surface area contributed by atoms with Crippen molar-refractivity contribution < 1.29 is 36.6 Å². The first-order chi connectivity index (χ1) is 17.0. The molecular weight excluding hydrogens is 490 g/mol. The molecule has 4 rings (SSSR count). The molecule has 3 heterocycles. The maximum atomic E-state index is 15.2. The van der Waals surface area contributed by atoms with Crippen LogP contribution in [0, 0.1) is 12.7 Å². The SMILES string of the molecule is COc1cc(C)c(NC(=O)c2cc(F)c(-n3nc4n(c3=O)CCOC4)cc2OC(C)C(F)(F)F)cn1. The minimum atomic E-state index is -4.78. The van der Waals surface area contributed by atoms with Crippen LogP contribution in [0.3, 0.4) is 0 Å². The van der Waals surface area contributed by atoms with Crippen molar-refractivity contribution in [1.82, 2.24) is 19.3 Å². The van der Waals surface area contributed by atoms with Gasteiger partial charge in [-0.3, -0.25) is 9.36 Å². The molecule has 0 bridgehead atoms. The van der Waals surface area contributed by atoms with Crippen molar-refractivity contribution in [2.24, 2.45) is 0 Å². The molecule has 1 unspecified atom stereocenters. The van der Waals surface area contributed by atoms with Crippen LogP contribution in [0.15, 0.2) is 29.2 Å². The number of pyridine rings is 1. The van der Waals surface area contributed by atoms with Gasteiger partial charge in [-0.15, -0.1) is 5.10 Å². The fourth-order valence-electron chi connectivity index (χ4n) is 3.44. The van der Waals surface area contributed by atoms with E-state index in [1.165, 1.54) is 23.9 Å². The van der Waals surface area contributed by atoms with Crippen LogP contribution < -0.4 is 20.5 Å². The largest absolute Gasteiger partial charge is 0.481 e. The van der Waals surface area contributed by atoms with Gasteiger partial charge in [0.15, 0.2) is 11.9 Å². The number of hydrogen-bond donors (Lipinski definition) is 1. The number of alkyl halides is 3. The third-order valence-corrected chi connectivity index (χ3v) is 5.46. The maximum Gasteiger partial charge on any atom is 0.425 e. The molecule has 1 aliphatic heterocycles. The van der Waals surface area contributed by atoms with Crippen molar-refractivity contribution in [3.8, 4) is 17.3 Å². The monoisotopic (exact) mass is 511 g/mol. The molecule has 1 amide bonds. The molecule has 0 aliphatic carbocycles. The van der Waals surface area contributed by atoms with E-state index in [0.717, 1.165) is 13.0 Å². The smallest absolute Gasteiger partial charge is 0.425 e. The fraction of sp³-hybridized carbons (Fsp3) is 0.364. The van der Waals surface area contributed by atoms with Crippen LogP contribution in [0.5, 0.6) is 11.6 Å². The minimum Gasteiger partial charge on any atom is -0.481 e. The van der Waals surface area contributed by atoms with Gasteiger partial charge in [0.1, 0.15) is 23.9 Å². The molecule has 3 aromatic rings. The number of ether oxygens (including phenoxy) is 3. The minimum absolute atomic E-state index is 0.00800. The number of nitrogens with zero attached hydrogens (tertiary/aromatic N) is 4. The van der Waals surface area contributed by atoms with E-state index in [1.54, 1.807) is 6.92 Å². The average molecular weight is 511 g/mol. The number of rotatable bonds is 6. The Balaban J connectivity index is 1.77. The summed E-state index contributed by atoms with van der Waals surface area (Å²) in [6.45, 7) is 2.82. The first kappa shape index (κ1) is 25.2. The van der Waals surface area contributed by atoms with Gasteiger partial charge in [-0.25, -0.2) is 14.2 Å². The molecule has 14 heteroatoms. The van der Waals surface area contributed by atoms with E-state index < -0.39 is 46.7 Å². The van der Waals surface area contributed by atoms with Crippen LogP contribution >= 0.6 is 0 Å². The number of benzene rings is 1. The lowest BCUT2D eigenvalue weighted by atomic mass is 10.1. The molecule has 0 saturated heterocycles. The molecule has 1 N–H and O–H groups in total. The summed E-state index contributed by atoms with van der Waals surface area (Å²) in [4.78, 5) is 29.7. The lowest BCUT2D eigenvalue weighted by Crippen LogP contribution is -2.32. The summed E-state index contributed by atoms with van der Waals surface area (Å²) in [6, 6.07) is 3.06. The molecule has 0 fully saturated rings. The first-order valence-corrected chi connectivity index (χ1v) is 10.7. The van der Waals surface area contributed by atoms with E-state index in [1.807, 2.05) is 0 Å². The highest BCUT2D eigenvalue weighted by molar-refractivity contribution is 6.06. The van der Waals surface area contributed by atoms with Gasteiger partial charge in [0.05, 0.1) is 37.7 Å². The third kappa shape index (κ3) is 4.89. The van der Waals surface area contributed by atoms with Crippen LogP contribution in [-0.2, 0) is 17.9 Å². The number of aryl methyl sites for hydroxylation is 1. The van der Waals surface area contributed by atoms with Gasteiger partial charge < -0.3 is 19.5 Å². The van der Waals surface area contributed by atoms with Crippen molar-refractivity contribution in [3.05, 3.63) is 57.6 Å². The summed E-state index contributed by atoms with van der Waals surface area (Å²) in [7, 11) is 1.41. The predicted molar refractivity (Wildman–Crippen MR) is 117 cm³/mol. The van der Waals surface area contributed by atoms with Gasteiger partial charge >= 0.3 is 11.9 Å². The second-order valence-corrected chi connectivity index (χ2v) is 7.91. The normalized spacial score (nSPS) is 14.2. The van der Waals surface area contributed by atoms with E-state index in [-0.39, 0.29) is 37.2 Å². The summed E-state index contributed by atoms with van der Waals surface area (Å²) < 4.78 is 72.2. The number of anilines is 1. The Morgan fingerprint density at radius 3 is 2.67 bits per heavy atom. The predicted octanol–water partition coefficient (Wildman–Crippen LogP) is 3.00. The molecule has 192 valence electrons. The number of nitrogens with one attached hydrogen (secondary N) is 1. The lowest BCUT2D eigenvalue weighted by Gasteiger charge is -2.20. The van der Waals surface area contributed by atoms with E-state index in [0.29, 0.717) is 16.3 Å². The highest BCUT2D eigenvalue weighted by Crippen LogP contribution is 2.31. The molecule has 2 aromatic heterocycles. The zero-order valence-corrected chi connectivity index (χ0v) is 19.4. The molecule has 0 radical (unpaired) electrons.